The first-order chi connectivity index (χ1) is 12.0. The number of rotatable bonds is 6. The highest BCUT2D eigenvalue weighted by Gasteiger charge is 2.16. The van der Waals surface area contributed by atoms with Crippen molar-refractivity contribution >= 4 is 5.95 Å². The predicted molar refractivity (Wildman–Crippen MR) is 99.7 cm³/mol. The van der Waals surface area contributed by atoms with Gasteiger partial charge in [-0.2, -0.15) is 5.10 Å². The number of nitrogens with zero attached hydrogens (tertiary/aromatic N) is 6. The topological polar surface area (TPSA) is 62.1 Å². The molecule has 0 spiro atoms. The predicted octanol–water partition coefficient (Wildman–Crippen LogP) is 1.22. The SMILES string of the molecule is Cc1cc(C)n(C[C@H](C)NCc2cnc(N3CCN(C)CC3)nc2)n1. The van der Waals surface area contributed by atoms with E-state index >= 15 is 0 Å². The second-order valence-corrected chi connectivity index (χ2v) is 7.07. The van der Waals surface area contributed by atoms with E-state index in [0.717, 1.165) is 56.5 Å². The van der Waals surface area contributed by atoms with Gasteiger partial charge < -0.3 is 15.1 Å². The quantitative estimate of drug-likeness (QED) is 0.851. The molecule has 25 heavy (non-hydrogen) atoms. The molecule has 7 heteroatoms. The Labute approximate surface area is 150 Å². The van der Waals surface area contributed by atoms with Crippen LogP contribution in [0.4, 0.5) is 5.95 Å². The van der Waals surface area contributed by atoms with Crippen LogP contribution < -0.4 is 10.2 Å². The Morgan fingerprint density at radius 3 is 2.40 bits per heavy atom. The zero-order chi connectivity index (χ0) is 17.8. The molecule has 1 saturated heterocycles. The van der Waals surface area contributed by atoms with Crippen LogP contribution in [0.2, 0.25) is 0 Å². The Bertz CT molecular complexity index is 671. The number of anilines is 1. The van der Waals surface area contributed by atoms with E-state index in [-0.39, 0.29) is 0 Å². The monoisotopic (exact) mass is 343 g/mol. The zero-order valence-corrected chi connectivity index (χ0v) is 15.7. The molecule has 7 nitrogen and oxygen atoms in total. The Balaban J connectivity index is 1.49. The molecule has 0 radical (unpaired) electrons. The molecule has 0 unspecified atom stereocenters. The van der Waals surface area contributed by atoms with E-state index in [9.17, 15) is 0 Å². The van der Waals surface area contributed by atoms with Crippen LogP contribution in [0.25, 0.3) is 0 Å². The fraction of sp³-hybridized carbons (Fsp3) is 0.611. The molecule has 1 fully saturated rings. The fourth-order valence-corrected chi connectivity index (χ4v) is 3.08. The molecule has 0 aliphatic carbocycles. The lowest BCUT2D eigenvalue weighted by molar-refractivity contribution is 0.311. The van der Waals surface area contributed by atoms with Crippen LogP contribution in [0.3, 0.4) is 0 Å². The molecular weight excluding hydrogens is 314 g/mol. The number of hydrogen-bond donors (Lipinski definition) is 1. The number of likely N-dealkylation sites (N-methyl/N-ethyl adjacent to an activating group) is 1. The summed E-state index contributed by atoms with van der Waals surface area (Å²) in [6, 6.07) is 2.44. The summed E-state index contributed by atoms with van der Waals surface area (Å²) in [5.41, 5.74) is 3.38. The van der Waals surface area contributed by atoms with Crippen molar-refractivity contribution < 1.29 is 0 Å². The largest absolute Gasteiger partial charge is 0.338 e. The Morgan fingerprint density at radius 1 is 1.12 bits per heavy atom. The molecule has 2 aromatic heterocycles. The number of nitrogens with one attached hydrogen (secondary N) is 1. The minimum absolute atomic E-state index is 0.329. The lowest BCUT2D eigenvalue weighted by Gasteiger charge is -2.32. The van der Waals surface area contributed by atoms with Crippen molar-refractivity contribution in [2.24, 2.45) is 0 Å². The zero-order valence-electron chi connectivity index (χ0n) is 15.7. The van der Waals surface area contributed by atoms with Crippen molar-refractivity contribution in [2.45, 2.75) is 39.9 Å². The molecule has 0 saturated carbocycles. The fourth-order valence-electron chi connectivity index (χ4n) is 3.08. The Hall–Kier alpha value is -1.99. The number of aromatic nitrogens is 4. The second kappa shape index (κ2) is 7.93. The molecule has 1 N–H and O–H groups in total. The van der Waals surface area contributed by atoms with E-state index in [1.807, 2.05) is 19.3 Å². The summed E-state index contributed by atoms with van der Waals surface area (Å²) in [6.07, 6.45) is 3.87. The second-order valence-electron chi connectivity index (χ2n) is 7.07. The van der Waals surface area contributed by atoms with Crippen LogP contribution in [-0.4, -0.2) is 63.9 Å². The van der Waals surface area contributed by atoms with Crippen LogP contribution in [0, 0.1) is 13.8 Å². The average Bonchev–Trinajstić information content (AvgIpc) is 2.91. The molecule has 3 heterocycles. The normalized spacial score (nSPS) is 17.0. The van der Waals surface area contributed by atoms with Gasteiger partial charge in [-0.1, -0.05) is 0 Å². The lowest BCUT2D eigenvalue weighted by atomic mass is 10.3. The van der Waals surface area contributed by atoms with Gasteiger partial charge >= 0.3 is 0 Å². The van der Waals surface area contributed by atoms with E-state index in [0.29, 0.717) is 6.04 Å². The van der Waals surface area contributed by atoms with Crippen LogP contribution in [0.1, 0.15) is 23.9 Å². The molecular formula is C18H29N7. The van der Waals surface area contributed by atoms with Crippen molar-refractivity contribution in [1.29, 1.82) is 0 Å². The van der Waals surface area contributed by atoms with Crippen LogP contribution >= 0.6 is 0 Å². The summed E-state index contributed by atoms with van der Waals surface area (Å²) < 4.78 is 2.06. The first-order valence-electron chi connectivity index (χ1n) is 9.00. The highest BCUT2D eigenvalue weighted by molar-refractivity contribution is 5.30. The summed E-state index contributed by atoms with van der Waals surface area (Å²) in [7, 11) is 2.15. The highest BCUT2D eigenvalue weighted by atomic mass is 15.3. The van der Waals surface area contributed by atoms with Crippen LogP contribution in [-0.2, 0) is 13.1 Å². The van der Waals surface area contributed by atoms with Gasteiger partial charge in [0.05, 0.1) is 12.2 Å². The third-order valence-electron chi connectivity index (χ3n) is 4.68. The van der Waals surface area contributed by atoms with Crippen LogP contribution in [0.5, 0.6) is 0 Å². The summed E-state index contributed by atoms with van der Waals surface area (Å²) in [5, 5.41) is 8.04. The van der Waals surface area contributed by atoms with Crippen LogP contribution in [0.15, 0.2) is 18.5 Å². The average molecular weight is 343 g/mol. The molecule has 1 atom stereocenters. The Kier molecular flexibility index (Phi) is 5.65. The molecule has 1 aliphatic heterocycles. The molecule has 1 aliphatic rings. The van der Waals surface area contributed by atoms with Gasteiger partial charge in [0.1, 0.15) is 0 Å². The van der Waals surface area contributed by atoms with Crippen molar-refractivity contribution in [3.05, 3.63) is 35.4 Å². The number of piperazine rings is 1. The van der Waals surface area contributed by atoms with Gasteiger partial charge in [-0.05, 0) is 33.9 Å². The van der Waals surface area contributed by atoms with E-state index in [1.165, 1.54) is 5.69 Å². The molecule has 2 aromatic rings. The van der Waals surface area contributed by atoms with Gasteiger partial charge in [0.15, 0.2) is 0 Å². The van der Waals surface area contributed by atoms with Gasteiger partial charge in [0, 0.05) is 62.4 Å². The maximum Gasteiger partial charge on any atom is 0.225 e. The lowest BCUT2D eigenvalue weighted by Crippen LogP contribution is -2.45. The highest BCUT2D eigenvalue weighted by Crippen LogP contribution is 2.10. The van der Waals surface area contributed by atoms with Gasteiger partial charge in [0.2, 0.25) is 5.95 Å². The summed E-state index contributed by atoms with van der Waals surface area (Å²) in [4.78, 5) is 13.7. The maximum atomic E-state index is 4.55. The third kappa shape index (κ3) is 4.76. The standard InChI is InChI=1S/C18H29N7/c1-14-9-16(3)25(22-14)13-15(2)19-10-17-11-20-18(21-12-17)24-7-5-23(4)6-8-24/h9,11-12,15,19H,5-8,10,13H2,1-4H3/t15-/m0/s1. The van der Waals surface area contributed by atoms with E-state index in [2.05, 4.69) is 61.8 Å². The van der Waals surface area contributed by atoms with Gasteiger partial charge in [-0.15, -0.1) is 0 Å². The molecule has 3 rings (SSSR count). The number of hydrogen-bond acceptors (Lipinski definition) is 6. The van der Waals surface area contributed by atoms with Crippen molar-refractivity contribution in [3.8, 4) is 0 Å². The van der Waals surface area contributed by atoms with E-state index in [4.69, 9.17) is 0 Å². The molecule has 136 valence electrons. The molecule has 0 amide bonds. The third-order valence-corrected chi connectivity index (χ3v) is 4.68. The van der Waals surface area contributed by atoms with Gasteiger partial charge in [-0.25, -0.2) is 9.97 Å². The smallest absolute Gasteiger partial charge is 0.225 e. The number of aryl methyl sites for hydroxylation is 2. The first-order valence-corrected chi connectivity index (χ1v) is 9.00. The van der Waals surface area contributed by atoms with E-state index in [1.54, 1.807) is 0 Å². The van der Waals surface area contributed by atoms with Crippen molar-refractivity contribution in [1.82, 2.24) is 30.0 Å². The molecule has 0 bridgehead atoms. The Morgan fingerprint density at radius 2 is 1.80 bits per heavy atom. The minimum Gasteiger partial charge on any atom is -0.338 e. The molecule has 0 aromatic carbocycles. The van der Waals surface area contributed by atoms with Crippen molar-refractivity contribution in [3.63, 3.8) is 0 Å². The minimum atomic E-state index is 0.329. The van der Waals surface area contributed by atoms with Gasteiger partial charge in [0.25, 0.3) is 0 Å². The van der Waals surface area contributed by atoms with Crippen molar-refractivity contribution in [2.75, 3.05) is 38.1 Å². The van der Waals surface area contributed by atoms with Gasteiger partial charge in [-0.3, -0.25) is 4.68 Å². The van der Waals surface area contributed by atoms with E-state index < -0.39 is 0 Å². The summed E-state index contributed by atoms with van der Waals surface area (Å²) in [5.74, 6) is 0.840. The maximum absolute atomic E-state index is 4.55. The first kappa shape index (κ1) is 17.8. The summed E-state index contributed by atoms with van der Waals surface area (Å²) >= 11 is 0. The summed E-state index contributed by atoms with van der Waals surface area (Å²) in [6.45, 7) is 12.0.